The monoisotopic (exact) mass is 169 g/mol. The maximum absolute atomic E-state index is 11.3. The van der Waals surface area contributed by atoms with Gasteiger partial charge in [0.1, 0.15) is 0 Å². The van der Waals surface area contributed by atoms with Crippen LogP contribution in [0, 0.1) is 0 Å². The Morgan fingerprint density at radius 3 is 3.00 bits per heavy atom. The zero-order chi connectivity index (χ0) is 8.97. The van der Waals surface area contributed by atoms with E-state index in [1.807, 2.05) is 0 Å². The molecule has 1 aliphatic rings. The fourth-order valence-corrected chi connectivity index (χ4v) is 1.25. The summed E-state index contributed by atoms with van der Waals surface area (Å²) < 4.78 is 0. The maximum atomic E-state index is 11.3. The van der Waals surface area contributed by atoms with Crippen LogP contribution in [0.2, 0.25) is 0 Å². The highest BCUT2D eigenvalue weighted by Gasteiger charge is 2.22. The molecule has 0 saturated carbocycles. The van der Waals surface area contributed by atoms with Gasteiger partial charge in [0, 0.05) is 0 Å². The van der Waals surface area contributed by atoms with E-state index in [-0.39, 0.29) is 11.9 Å². The average Bonchev–Trinajstić information content (AvgIpc) is 2.56. The lowest BCUT2D eigenvalue weighted by molar-refractivity contribution is -0.123. The molecule has 0 aliphatic carbocycles. The van der Waals surface area contributed by atoms with Crippen LogP contribution in [0.5, 0.6) is 0 Å². The van der Waals surface area contributed by atoms with Gasteiger partial charge in [-0.25, -0.2) is 0 Å². The van der Waals surface area contributed by atoms with Crippen molar-refractivity contribution in [2.24, 2.45) is 0 Å². The van der Waals surface area contributed by atoms with Crippen LogP contribution in [-0.4, -0.2) is 30.8 Å². The molecule has 1 radical (unpaired) electrons. The van der Waals surface area contributed by atoms with Crippen molar-refractivity contribution < 1.29 is 9.59 Å². The summed E-state index contributed by atoms with van der Waals surface area (Å²) in [6, 6.07) is -0.610. The molecule has 0 bridgehead atoms. The summed E-state index contributed by atoms with van der Waals surface area (Å²) in [7, 11) is 0. The molecule has 1 amide bonds. The van der Waals surface area contributed by atoms with Crippen LogP contribution in [0.3, 0.4) is 0 Å². The zero-order valence-corrected chi connectivity index (χ0v) is 7.09. The van der Waals surface area contributed by atoms with Crippen molar-refractivity contribution in [2.45, 2.75) is 31.8 Å². The third kappa shape index (κ3) is 2.30. The molecule has 1 heterocycles. The summed E-state index contributed by atoms with van der Waals surface area (Å²) >= 11 is 0. The van der Waals surface area contributed by atoms with Gasteiger partial charge < -0.3 is 10.6 Å². The van der Waals surface area contributed by atoms with Gasteiger partial charge in [-0.3, -0.25) is 9.59 Å². The Bertz CT molecular complexity index is 176. The molecular weight excluding hydrogens is 156 g/mol. The molecule has 1 saturated heterocycles. The molecule has 4 heteroatoms. The highest BCUT2D eigenvalue weighted by molar-refractivity contribution is 5.84. The van der Waals surface area contributed by atoms with Crippen LogP contribution < -0.4 is 10.6 Å². The smallest absolute Gasteiger partial charge is 0.237 e. The minimum Gasteiger partial charge on any atom is -0.345 e. The van der Waals surface area contributed by atoms with Crippen LogP contribution in [0.15, 0.2) is 0 Å². The fraction of sp³-hybridized carbons (Fsp3) is 0.750. The molecule has 4 nitrogen and oxygen atoms in total. The van der Waals surface area contributed by atoms with Crippen molar-refractivity contribution in [3.05, 3.63) is 0 Å². The summed E-state index contributed by atoms with van der Waals surface area (Å²) in [5, 5.41) is 5.59. The Morgan fingerprint density at radius 2 is 2.50 bits per heavy atom. The number of hydrogen-bond donors (Lipinski definition) is 2. The van der Waals surface area contributed by atoms with E-state index in [0.29, 0.717) is 0 Å². The number of carbonyl (C=O) groups is 1. The second-order valence-corrected chi connectivity index (χ2v) is 3.00. The Kier molecular flexibility index (Phi) is 3.22. The molecule has 12 heavy (non-hydrogen) atoms. The second-order valence-electron chi connectivity index (χ2n) is 3.00. The quantitative estimate of drug-likeness (QED) is 0.590. The Balaban J connectivity index is 2.31. The average molecular weight is 169 g/mol. The molecule has 0 aromatic rings. The Hall–Kier alpha value is -0.900. The summed E-state index contributed by atoms with van der Waals surface area (Å²) in [6.07, 6.45) is 3.59. The fourth-order valence-electron chi connectivity index (χ4n) is 1.25. The van der Waals surface area contributed by atoms with Gasteiger partial charge >= 0.3 is 0 Å². The first kappa shape index (κ1) is 9.19. The van der Waals surface area contributed by atoms with Gasteiger partial charge in [0.25, 0.3) is 0 Å². The van der Waals surface area contributed by atoms with Crippen molar-refractivity contribution in [3.63, 3.8) is 0 Å². The van der Waals surface area contributed by atoms with Crippen molar-refractivity contribution >= 4 is 12.2 Å². The molecule has 2 N–H and O–H groups in total. The summed E-state index contributed by atoms with van der Waals surface area (Å²) in [4.78, 5) is 21.4. The Labute approximate surface area is 71.7 Å². The topological polar surface area (TPSA) is 58.2 Å². The molecule has 1 rings (SSSR count). The minimum absolute atomic E-state index is 0.0941. The maximum Gasteiger partial charge on any atom is 0.237 e. The number of hydrogen-bond acceptors (Lipinski definition) is 3. The van der Waals surface area contributed by atoms with E-state index in [2.05, 4.69) is 10.6 Å². The lowest BCUT2D eigenvalue weighted by atomic mass is 10.2. The summed E-state index contributed by atoms with van der Waals surface area (Å²) in [5.74, 6) is -0.0941. The van der Waals surface area contributed by atoms with E-state index in [9.17, 15) is 9.59 Å². The summed E-state index contributed by atoms with van der Waals surface area (Å²) in [5.41, 5.74) is 0. The minimum atomic E-state index is -0.500. The van der Waals surface area contributed by atoms with Gasteiger partial charge in [-0.2, -0.15) is 0 Å². The van der Waals surface area contributed by atoms with Crippen LogP contribution >= 0.6 is 0 Å². The van der Waals surface area contributed by atoms with Crippen LogP contribution in [0.1, 0.15) is 19.8 Å². The standard InChI is InChI=1S/C8H13N2O2/c1-6(5-11)10-8(12)7-3-2-4-9-7/h6-7,9H,2-4H2,1H3,(H,10,12). The zero-order valence-electron chi connectivity index (χ0n) is 7.09. The van der Waals surface area contributed by atoms with Gasteiger partial charge in [0.2, 0.25) is 12.2 Å². The van der Waals surface area contributed by atoms with Gasteiger partial charge in [0.05, 0.1) is 12.1 Å². The number of nitrogens with one attached hydrogen (secondary N) is 2. The van der Waals surface area contributed by atoms with E-state index in [0.717, 1.165) is 19.4 Å². The van der Waals surface area contributed by atoms with Crippen LogP contribution in [-0.2, 0) is 9.59 Å². The van der Waals surface area contributed by atoms with E-state index < -0.39 is 6.04 Å². The molecule has 1 fully saturated rings. The number of rotatable bonds is 3. The van der Waals surface area contributed by atoms with Crippen molar-refractivity contribution in [1.82, 2.24) is 10.6 Å². The van der Waals surface area contributed by atoms with E-state index in [1.54, 1.807) is 13.2 Å². The SMILES string of the molecule is CC([C]=O)NC(=O)C1CCCN1. The van der Waals surface area contributed by atoms with E-state index in [4.69, 9.17) is 0 Å². The molecular formula is C8H13N2O2. The molecule has 2 unspecified atom stereocenters. The van der Waals surface area contributed by atoms with Gasteiger partial charge in [0.15, 0.2) is 0 Å². The molecule has 0 aromatic heterocycles. The molecule has 0 aromatic carbocycles. The third-order valence-electron chi connectivity index (χ3n) is 1.91. The van der Waals surface area contributed by atoms with Gasteiger partial charge in [-0.1, -0.05) is 0 Å². The summed E-state index contributed by atoms with van der Waals surface area (Å²) in [6.45, 7) is 2.50. The normalized spacial score (nSPS) is 24.9. The predicted molar refractivity (Wildman–Crippen MR) is 44.3 cm³/mol. The second kappa shape index (κ2) is 4.21. The first-order valence-corrected chi connectivity index (χ1v) is 4.15. The lowest BCUT2D eigenvalue weighted by Gasteiger charge is -2.11. The first-order chi connectivity index (χ1) is 5.74. The molecule has 67 valence electrons. The molecule has 1 aliphatic heterocycles. The molecule has 2 atom stereocenters. The van der Waals surface area contributed by atoms with Crippen LogP contribution in [0.25, 0.3) is 0 Å². The van der Waals surface area contributed by atoms with Gasteiger partial charge in [-0.15, -0.1) is 0 Å². The van der Waals surface area contributed by atoms with E-state index in [1.165, 1.54) is 0 Å². The van der Waals surface area contributed by atoms with Crippen LogP contribution in [0.4, 0.5) is 0 Å². The van der Waals surface area contributed by atoms with Crippen molar-refractivity contribution in [3.8, 4) is 0 Å². The van der Waals surface area contributed by atoms with Crippen molar-refractivity contribution in [1.29, 1.82) is 0 Å². The highest BCUT2D eigenvalue weighted by Crippen LogP contribution is 2.04. The largest absolute Gasteiger partial charge is 0.345 e. The third-order valence-corrected chi connectivity index (χ3v) is 1.91. The lowest BCUT2D eigenvalue weighted by Crippen LogP contribution is -2.44. The molecule has 0 spiro atoms. The number of amides is 1. The number of carbonyl (C=O) groups excluding carboxylic acids is 2. The predicted octanol–water partition coefficient (Wildman–Crippen LogP) is -0.647. The highest BCUT2D eigenvalue weighted by atomic mass is 16.2. The Morgan fingerprint density at radius 1 is 1.75 bits per heavy atom. The van der Waals surface area contributed by atoms with Crippen molar-refractivity contribution in [2.75, 3.05) is 6.54 Å². The van der Waals surface area contributed by atoms with E-state index >= 15 is 0 Å². The first-order valence-electron chi connectivity index (χ1n) is 4.15. The van der Waals surface area contributed by atoms with Gasteiger partial charge in [-0.05, 0) is 26.3 Å².